The summed E-state index contributed by atoms with van der Waals surface area (Å²) in [5.41, 5.74) is 2.64. The summed E-state index contributed by atoms with van der Waals surface area (Å²) in [5.74, 6) is 1.62. The van der Waals surface area contributed by atoms with Gasteiger partial charge in [-0.05, 0) is 58.5 Å². The first-order valence-corrected chi connectivity index (χ1v) is 12.1. The van der Waals surface area contributed by atoms with E-state index in [4.69, 9.17) is 14.7 Å². The molecule has 0 bridgehead atoms. The zero-order valence-electron chi connectivity index (χ0n) is 19.6. The largest absolute Gasteiger partial charge is 0.378 e. The minimum atomic E-state index is -0.214. The highest BCUT2D eigenvalue weighted by atomic mass is 32.2. The second kappa shape index (κ2) is 11.0. The summed E-state index contributed by atoms with van der Waals surface area (Å²) in [6.45, 7) is 8.78. The van der Waals surface area contributed by atoms with Crippen LogP contribution in [-0.4, -0.2) is 80.6 Å². The van der Waals surface area contributed by atoms with Crippen LogP contribution < -0.4 is 15.5 Å². The van der Waals surface area contributed by atoms with Crippen LogP contribution in [0.15, 0.2) is 30.3 Å². The number of ether oxygens (including phenoxy) is 1. The summed E-state index contributed by atoms with van der Waals surface area (Å²) in [4.78, 5) is 26.1. The SMILES string of the molecule is CSC(C)(C)c1cc(N2CCOCC2)nc(-c2ccc(NC(=O)NCCN(C)C)cc2)n1. The number of likely N-dealkylation sites (N-methyl/N-ethyl adjacent to an activating group) is 1. The van der Waals surface area contributed by atoms with E-state index < -0.39 is 0 Å². The number of urea groups is 1. The Hall–Kier alpha value is -2.36. The maximum absolute atomic E-state index is 12.1. The quantitative estimate of drug-likeness (QED) is 0.628. The van der Waals surface area contributed by atoms with Crippen LogP contribution in [0.2, 0.25) is 0 Å². The number of anilines is 2. The summed E-state index contributed by atoms with van der Waals surface area (Å²) >= 11 is 1.77. The Bertz CT molecular complexity index is 898. The first-order chi connectivity index (χ1) is 15.3. The van der Waals surface area contributed by atoms with Gasteiger partial charge < -0.3 is 25.2 Å². The van der Waals surface area contributed by atoms with Crippen LogP contribution in [0.3, 0.4) is 0 Å². The topological polar surface area (TPSA) is 82.6 Å². The van der Waals surface area contributed by atoms with Crippen LogP contribution in [0.1, 0.15) is 19.5 Å². The lowest BCUT2D eigenvalue weighted by molar-refractivity contribution is 0.122. The highest BCUT2D eigenvalue weighted by Gasteiger charge is 2.25. The van der Waals surface area contributed by atoms with Crippen LogP contribution in [0.5, 0.6) is 0 Å². The van der Waals surface area contributed by atoms with Crippen molar-refractivity contribution in [2.24, 2.45) is 0 Å². The molecule has 1 saturated heterocycles. The van der Waals surface area contributed by atoms with E-state index >= 15 is 0 Å². The minimum absolute atomic E-state index is 0.134. The van der Waals surface area contributed by atoms with Gasteiger partial charge in [0.2, 0.25) is 0 Å². The number of hydrogen-bond acceptors (Lipinski definition) is 7. The summed E-state index contributed by atoms with van der Waals surface area (Å²) in [7, 11) is 3.94. The van der Waals surface area contributed by atoms with E-state index in [-0.39, 0.29) is 10.8 Å². The van der Waals surface area contributed by atoms with E-state index in [1.165, 1.54) is 0 Å². The fraction of sp³-hybridized carbons (Fsp3) is 0.522. The van der Waals surface area contributed by atoms with E-state index in [9.17, 15) is 4.79 Å². The maximum atomic E-state index is 12.1. The van der Waals surface area contributed by atoms with Gasteiger partial charge in [-0.15, -0.1) is 0 Å². The Balaban J connectivity index is 1.80. The molecule has 1 aromatic heterocycles. The van der Waals surface area contributed by atoms with Gasteiger partial charge in [0.15, 0.2) is 5.82 Å². The molecule has 2 amide bonds. The van der Waals surface area contributed by atoms with Crippen LogP contribution in [-0.2, 0) is 9.48 Å². The van der Waals surface area contributed by atoms with E-state index in [1.54, 1.807) is 11.8 Å². The zero-order chi connectivity index (χ0) is 23.1. The lowest BCUT2D eigenvalue weighted by Crippen LogP contribution is -2.37. The molecule has 0 saturated carbocycles. The summed E-state index contributed by atoms with van der Waals surface area (Å²) < 4.78 is 5.37. The fourth-order valence-corrected chi connectivity index (χ4v) is 3.52. The highest BCUT2D eigenvalue weighted by molar-refractivity contribution is 7.99. The van der Waals surface area contributed by atoms with Crippen LogP contribution >= 0.6 is 11.8 Å². The molecule has 174 valence electrons. The number of nitrogens with one attached hydrogen (secondary N) is 2. The Labute approximate surface area is 195 Å². The molecule has 1 aromatic carbocycles. The van der Waals surface area contributed by atoms with Gasteiger partial charge in [-0.25, -0.2) is 14.8 Å². The third-order valence-corrected chi connectivity index (χ3v) is 6.65. The molecule has 2 N–H and O–H groups in total. The predicted octanol–water partition coefficient (Wildman–Crippen LogP) is 3.26. The molecular weight excluding hydrogens is 424 g/mol. The molecule has 0 radical (unpaired) electrons. The van der Waals surface area contributed by atoms with Crippen molar-refractivity contribution in [1.29, 1.82) is 0 Å². The monoisotopic (exact) mass is 458 g/mol. The van der Waals surface area contributed by atoms with Crippen LogP contribution in [0.25, 0.3) is 11.4 Å². The average molecular weight is 459 g/mol. The van der Waals surface area contributed by atoms with Crippen molar-refractivity contribution in [1.82, 2.24) is 20.2 Å². The lowest BCUT2D eigenvalue weighted by atomic mass is 10.1. The number of nitrogens with zero attached hydrogens (tertiary/aromatic N) is 4. The van der Waals surface area contributed by atoms with Gasteiger partial charge >= 0.3 is 6.03 Å². The first kappa shape index (κ1) is 24.3. The molecule has 1 aliphatic heterocycles. The molecule has 1 aliphatic rings. The van der Waals surface area contributed by atoms with Gasteiger partial charge in [-0.2, -0.15) is 11.8 Å². The standard InChI is InChI=1S/C23H34N6O2S/c1-23(2,32-5)19-16-20(29-12-14-31-15-13-29)27-21(26-19)17-6-8-18(9-7-17)25-22(30)24-10-11-28(3)4/h6-9,16H,10-15H2,1-5H3,(H2,24,25,30). The molecule has 0 spiro atoms. The van der Waals surface area contributed by atoms with Gasteiger partial charge in [0.1, 0.15) is 5.82 Å². The number of carbonyl (C=O) groups excluding carboxylic acids is 1. The van der Waals surface area contributed by atoms with Crippen molar-refractivity contribution in [2.45, 2.75) is 18.6 Å². The van der Waals surface area contributed by atoms with Crippen molar-refractivity contribution >= 4 is 29.3 Å². The molecule has 0 unspecified atom stereocenters. The Kier molecular flexibility index (Phi) is 8.33. The molecular formula is C23H34N6O2S. The highest BCUT2D eigenvalue weighted by Crippen LogP contribution is 2.35. The van der Waals surface area contributed by atoms with E-state index in [2.05, 4.69) is 41.7 Å². The summed E-state index contributed by atoms with van der Waals surface area (Å²) in [6.07, 6.45) is 2.10. The number of carbonyl (C=O) groups is 1. The number of thioether (sulfide) groups is 1. The smallest absolute Gasteiger partial charge is 0.319 e. The number of aromatic nitrogens is 2. The molecule has 2 heterocycles. The van der Waals surface area contributed by atoms with E-state index in [1.807, 2.05) is 43.3 Å². The summed E-state index contributed by atoms with van der Waals surface area (Å²) in [5, 5.41) is 5.72. The molecule has 32 heavy (non-hydrogen) atoms. The molecule has 0 aliphatic carbocycles. The fourth-order valence-electron chi connectivity index (χ4n) is 3.20. The van der Waals surface area contributed by atoms with Crippen LogP contribution in [0.4, 0.5) is 16.3 Å². The lowest BCUT2D eigenvalue weighted by Gasteiger charge is -2.30. The van der Waals surface area contributed by atoms with Crippen LogP contribution in [0, 0.1) is 0 Å². The molecule has 1 fully saturated rings. The van der Waals surface area contributed by atoms with E-state index in [0.717, 1.165) is 42.4 Å². The third kappa shape index (κ3) is 6.57. The van der Waals surface area contributed by atoms with Crippen molar-refractivity contribution in [3.8, 4) is 11.4 Å². The molecule has 3 rings (SSSR count). The number of benzene rings is 1. The number of hydrogen-bond donors (Lipinski definition) is 2. The summed E-state index contributed by atoms with van der Waals surface area (Å²) in [6, 6.07) is 9.54. The Morgan fingerprint density at radius 1 is 1.19 bits per heavy atom. The second-order valence-electron chi connectivity index (χ2n) is 8.51. The average Bonchev–Trinajstić information content (AvgIpc) is 2.79. The third-order valence-electron chi connectivity index (χ3n) is 5.42. The van der Waals surface area contributed by atoms with Crippen molar-refractivity contribution in [3.63, 3.8) is 0 Å². The number of rotatable bonds is 8. The molecule has 2 aromatic rings. The first-order valence-electron chi connectivity index (χ1n) is 10.9. The van der Waals surface area contributed by atoms with Gasteiger partial charge in [0.25, 0.3) is 0 Å². The van der Waals surface area contributed by atoms with Gasteiger partial charge in [-0.3, -0.25) is 0 Å². The zero-order valence-corrected chi connectivity index (χ0v) is 20.5. The van der Waals surface area contributed by atoms with Gasteiger partial charge in [0, 0.05) is 43.5 Å². The molecule has 0 atom stereocenters. The minimum Gasteiger partial charge on any atom is -0.378 e. The molecule has 8 nitrogen and oxygen atoms in total. The Morgan fingerprint density at radius 2 is 1.88 bits per heavy atom. The maximum Gasteiger partial charge on any atom is 0.319 e. The number of amides is 2. The van der Waals surface area contributed by atoms with Crippen molar-refractivity contribution in [2.75, 3.05) is 70.0 Å². The normalized spacial score (nSPS) is 14.5. The molecule has 9 heteroatoms. The predicted molar refractivity (Wildman–Crippen MR) is 133 cm³/mol. The number of morpholine rings is 1. The van der Waals surface area contributed by atoms with Gasteiger partial charge in [0.05, 0.1) is 23.7 Å². The van der Waals surface area contributed by atoms with E-state index in [0.29, 0.717) is 25.6 Å². The van der Waals surface area contributed by atoms with Crippen molar-refractivity contribution in [3.05, 3.63) is 36.0 Å². The van der Waals surface area contributed by atoms with Crippen molar-refractivity contribution < 1.29 is 9.53 Å². The second-order valence-corrected chi connectivity index (χ2v) is 9.94. The van der Waals surface area contributed by atoms with Gasteiger partial charge in [-0.1, -0.05) is 0 Å². The Morgan fingerprint density at radius 3 is 2.50 bits per heavy atom.